The van der Waals surface area contributed by atoms with Crippen LogP contribution in [0.5, 0.6) is 5.75 Å². The number of nitrogens with one attached hydrogen (secondary N) is 2. The van der Waals surface area contributed by atoms with Crippen molar-refractivity contribution in [3.05, 3.63) is 54.5 Å². The molecule has 0 saturated carbocycles. The second-order valence-corrected chi connectivity index (χ2v) is 6.64. The van der Waals surface area contributed by atoms with Gasteiger partial charge in [0.05, 0.1) is 12.3 Å². The molecule has 4 rings (SSSR count). The van der Waals surface area contributed by atoms with Gasteiger partial charge in [0.2, 0.25) is 5.91 Å². The van der Waals surface area contributed by atoms with Crippen LogP contribution in [0.4, 0.5) is 4.79 Å². The summed E-state index contributed by atoms with van der Waals surface area (Å²) in [6.07, 6.45) is 1.87. The van der Waals surface area contributed by atoms with Crippen molar-refractivity contribution in [2.45, 2.75) is 18.5 Å². The molecule has 142 valence electrons. The average molecular weight is 370 g/mol. The maximum absolute atomic E-state index is 12.7. The van der Waals surface area contributed by atoms with Gasteiger partial charge in [-0.05, 0) is 30.7 Å². The van der Waals surface area contributed by atoms with Gasteiger partial charge >= 0.3 is 6.09 Å². The molecule has 2 aliphatic rings. The minimum atomic E-state index is -0.383. The van der Waals surface area contributed by atoms with E-state index in [-0.39, 0.29) is 24.1 Å². The number of benzene rings is 1. The molecule has 8 nitrogen and oxygen atoms in total. The Bertz CT molecular complexity index is 772. The number of carbonyl (C=O) groups is 2. The maximum atomic E-state index is 12.7. The highest BCUT2D eigenvalue weighted by atomic mass is 16.6. The van der Waals surface area contributed by atoms with E-state index < -0.39 is 0 Å². The second kappa shape index (κ2) is 7.81. The molecule has 0 bridgehead atoms. The minimum Gasteiger partial charge on any atom is -0.468 e. The number of hydrogen-bond donors (Lipinski definition) is 2. The predicted octanol–water partition coefficient (Wildman–Crippen LogP) is 1.53. The van der Waals surface area contributed by atoms with Gasteiger partial charge in [-0.15, -0.1) is 0 Å². The van der Waals surface area contributed by atoms with Crippen molar-refractivity contribution in [1.82, 2.24) is 20.7 Å². The van der Waals surface area contributed by atoms with E-state index in [4.69, 9.17) is 9.15 Å². The van der Waals surface area contributed by atoms with E-state index in [2.05, 4.69) is 10.9 Å². The molecule has 0 spiro atoms. The van der Waals surface area contributed by atoms with E-state index in [9.17, 15) is 9.59 Å². The number of ether oxygens (including phenoxy) is 1. The van der Waals surface area contributed by atoms with Crippen LogP contribution in [0, 0.1) is 0 Å². The Hall–Kier alpha value is -2.84. The molecule has 0 aliphatic carbocycles. The third kappa shape index (κ3) is 3.96. The molecule has 2 aliphatic heterocycles. The van der Waals surface area contributed by atoms with Gasteiger partial charge in [0.25, 0.3) is 0 Å². The van der Waals surface area contributed by atoms with E-state index in [0.717, 1.165) is 5.76 Å². The Kier molecular flexibility index (Phi) is 5.08. The van der Waals surface area contributed by atoms with Crippen LogP contribution in [0.25, 0.3) is 0 Å². The van der Waals surface area contributed by atoms with Crippen LogP contribution in [0.2, 0.25) is 0 Å². The maximum Gasteiger partial charge on any atom is 0.415 e. The van der Waals surface area contributed by atoms with Crippen molar-refractivity contribution in [3.8, 4) is 5.75 Å². The van der Waals surface area contributed by atoms with Gasteiger partial charge in [-0.2, -0.15) is 0 Å². The summed E-state index contributed by atoms with van der Waals surface area (Å²) < 4.78 is 10.8. The molecule has 3 heterocycles. The molecule has 2 atom stereocenters. The quantitative estimate of drug-likeness (QED) is 0.852. The number of hydrogen-bond acceptors (Lipinski definition) is 6. The number of rotatable bonds is 3. The topological polar surface area (TPSA) is 87.0 Å². The van der Waals surface area contributed by atoms with Crippen molar-refractivity contribution in [3.63, 3.8) is 0 Å². The summed E-state index contributed by atoms with van der Waals surface area (Å²) in [5.74, 6) is 1.37. The molecule has 2 amide bonds. The summed E-state index contributed by atoms with van der Waals surface area (Å²) in [4.78, 5) is 28.4. The van der Waals surface area contributed by atoms with Crippen molar-refractivity contribution in [2.24, 2.45) is 0 Å². The molecule has 2 aromatic rings. The van der Waals surface area contributed by atoms with Gasteiger partial charge in [0.1, 0.15) is 17.6 Å². The lowest BCUT2D eigenvalue weighted by Crippen LogP contribution is -2.55. The summed E-state index contributed by atoms with van der Waals surface area (Å²) in [6, 6.07) is 12.4. The van der Waals surface area contributed by atoms with Gasteiger partial charge in [0.15, 0.2) is 0 Å². The highest BCUT2D eigenvalue weighted by Crippen LogP contribution is 2.23. The zero-order valence-electron chi connectivity index (χ0n) is 14.8. The van der Waals surface area contributed by atoms with Crippen LogP contribution in [0.15, 0.2) is 53.1 Å². The predicted molar refractivity (Wildman–Crippen MR) is 96.7 cm³/mol. The summed E-state index contributed by atoms with van der Waals surface area (Å²) in [5, 5.41) is 0. The second-order valence-electron chi connectivity index (χ2n) is 6.64. The van der Waals surface area contributed by atoms with Crippen molar-refractivity contribution in [1.29, 1.82) is 0 Å². The number of para-hydroxylation sites is 1. The Morgan fingerprint density at radius 2 is 1.70 bits per heavy atom. The Labute approximate surface area is 157 Å². The van der Waals surface area contributed by atoms with Crippen LogP contribution in [0.1, 0.15) is 18.2 Å². The van der Waals surface area contributed by atoms with Gasteiger partial charge in [-0.25, -0.2) is 15.6 Å². The molecule has 1 aromatic carbocycles. The number of nitrogens with zero attached hydrogens (tertiary/aromatic N) is 2. The lowest BCUT2D eigenvalue weighted by atomic mass is 10.1. The lowest BCUT2D eigenvalue weighted by Gasteiger charge is -2.35. The van der Waals surface area contributed by atoms with Gasteiger partial charge in [-0.3, -0.25) is 4.79 Å². The van der Waals surface area contributed by atoms with Crippen molar-refractivity contribution < 1.29 is 18.7 Å². The monoisotopic (exact) mass is 370 g/mol. The number of piperazine rings is 1. The van der Waals surface area contributed by atoms with E-state index in [1.54, 1.807) is 28.2 Å². The van der Waals surface area contributed by atoms with E-state index in [0.29, 0.717) is 38.3 Å². The molecule has 2 N–H and O–H groups in total. The lowest BCUT2D eigenvalue weighted by molar-refractivity contribution is -0.134. The van der Waals surface area contributed by atoms with Crippen molar-refractivity contribution >= 4 is 12.0 Å². The first-order valence-corrected chi connectivity index (χ1v) is 9.06. The smallest absolute Gasteiger partial charge is 0.415 e. The Balaban J connectivity index is 1.26. The van der Waals surface area contributed by atoms with Crippen LogP contribution >= 0.6 is 0 Å². The zero-order valence-corrected chi connectivity index (χ0v) is 14.8. The first-order valence-electron chi connectivity index (χ1n) is 9.06. The first kappa shape index (κ1) is 17.6. The number of amides is 2. The highest BCUT2D eigenvalue weighted by Gasteiger charge is 2.35. The zero-order chi connectivity index (χ0) is 18.6. The third-order valence-corrected chi connectivity index (χ3v) is 4.89. The largest absolute Gasteiger partial charge is 0.468 e. The normalized spacial score (nSPS) is 22.7. The van der Waals surface area contributed by atoms with Crippen LogP contribution in [-0.2, 0) is 4.79 Å². The third-order valence-electron chi connectivity index (χ3n) is 4.89. The molecule has 0 radical (unpaired) electrons. The van der Waals surface area contributed by atoms with Crippen molar-refractivity contribution in [2.75, 3.05) is 26.2 Å². The highest BCUT2D eigenvalue weighted by molar-refractivity contribution is 5.82. The van der Waals surface area contributed by atoms with Crippen LogP contribution in [-0.4, -0.2) is 54.0 Å². The molecule has 2 unspecified atom stereocenters. The molecular weight excluding hydrogens is 348 g/mol. The van der Waals surface area contributed by atoms with Crippen LogP contribution in [0.3, 0.4) is 0 Å². The molecule has 2 fully saturated rings. The molecule has 8 heteroatoms. The van der Waals surface area contributed by atoms with Crippen LogP contribution < -0.4 is 15.6 Å². The number of carbonyl (C=O) groups excluding carboxylic acids is 2. The summed E-state index contributed by atoms with van der Waals surface area (Å²) in [5.41, 5.74) is 6.16. The fourth-order valence-electron chi connectivity index (χ4n) is 3.38. The summed E-state index contributed by atoms with van der Waals surface area (Å²) in [6.45, 7) is 1.90. The average Bonchev–Trinajstić information content (AvgIpc) is 3.40. The minimum absolute atomic E-state index is 0.0175. The number of furan rings is 1. The summed E-state index contributed by atoms with van der Waals surface area (Å²) in [7, 11) is 0. The van der Waals surface area contributed by atoms with Gasteiger partial charge < -0.3 is 19.0 Å². The molecule has 2 saturated heterocycles. The van der Waals surface area contributed by atoms with E-state index >= 15 is 0 Å². The SMILES string of the molecule is O=C(Oc1ccccc1)N1CCN(C(=O)C2CC(c3ccco3)NN2)CC1. The fraction of sp³-hybridized carbons (Fsp3) is 0.368. The standard InChI is InChI=1S/C19H22N4O4/c24-18(16-13-15(20-21-16)17-7-4-12-26-17)22-8-10-23(11-9-22)19(25)27-14-5-2-1-3-6-14/h1-7,12,15-16,20-21H,8-11,13H2. The fourth-order valence-corrected chi connectivity index (χ4v) is 3.38. The molecular formula is C19H22N4O4. The molecule has 1 aromatic heterocycles. The van der Waals surface area contributed by atoms with E-state index in [1.165, 1.54) is 0 Å². The Morgan fingerprint density at radius 1 is 0.963 bits per heavy atom. The van der Waals surface area contributed by atoms with Gasteiger partial charge in [-0.1, -0.05) is 18.2 Å². The van der Waals surface area contributed by atoms with E-state index in [1.807, 2.05) is 30.3 Å². The molecule has 27 heavy (non-hydrogen) atoms. The first-order chi connectivity index (χ1) is 13.2. The summed E-state index contributed by atoms with van der Waals surface area (Å²) >= 11 is 0. The van der Waals surface area contributed by atoms with Gasteiger partial charge in [0, 0.05) is 26.2 Å². The Morgan fingerprint density at radius 3 is 2.41 bits per heavy atom. The number of hydrazine groups is 1.